The number of halogens is 2. The van der Waals surface area contributed by atoms with Crippen LogP contribution < -0.4 is 10.1 Å². The maximum atomic E-state index is 13.7. The number of carbonyl (C=O) groups excluding carboxylic acids is 2. The second kappa shape index (κ2) is 11.6. The number of rotatable bonds is 8. The first-order valence-electron chi connectivity index (χ1n) is 12.1. The van der Waals surface area contributed by atoms with Gasteiger partial charge < -0.3 is 24.6 Å². The van der Waals surface area contributed by atoms with Gasteiger partial charge in [-0.15, -0.1) is 0 Å². The summed E-state index contributed by atoms with van der Waals surface area (Å²) in [7, 11) is 1.41. The Labute approximate surface area is 226 Å². The Balaban J connectivity index is 1.78. The number of benzene rings is 2. The molecule has 1 heterocycles. The Hall–Kier alpha value is -3.00. The van der Waals surface area contributed by atoms with E-state index in [0.29, 0.717) is 40.5 Å². The highest BCUT2D eigenvalue weighted by molar-refractivity contribution is 6.32. The summed E-state index contributed by atoms with van der Waals surface area (Å²) in [4.78, 5) is 27.0. The molecule has 2 unspecified atom stereocenters. The lowest BCUT2D eigenvalue weighted by atomic mass is 9.71. The molecule has 2 aliphatic rings. The third-order valence-corrected chi connectivity index (χ3v) is 7.20. The van der Waals surface area contributed by atoms with Crippen LogP contribution in [0.5, 0.6) is 11.5 Å². The van der Waals surface area contributed by atoms with Gasteiger partial charge in [0.1, 0.15) is 6.61 Å². The van der Waals surface area contributed by atoms with Crippen LogP contribution in [0.3, 0.4) is 0 Å². The fourth-order valence-electron chi connectivity index (χ4n) is 4.95. The number of hydrogen-bond acceptors (Lipinski definition) is 7. The van der Waals surface area contributed by atoms with E-state index in [9.17, 15) is 14.7 Å². The number of hydrogen-bond donors (Lipinski definition) is 2. The topological polar surface area (TPSA) is 94.1 Å². The van der Waals surface area contributed by atoms with Gasteiger partial charge in [-0.3, -0.25) is 4.79 Å². The van der Waals surface area contributed by atoms with Gasteiger partial charge in [0.25, 0.3) is 0 Å². The molecular weight excluding hydrogens is 517 g/mol. The molecule has 0 radical (unpaired) electrons. The third kappa shape index (κ3) is 5.64. The predicted octanol–water partition coefficient (Wildman–Crippen LogP) is 5.65. The van der Waals surface area contributed by atoms with Crippen molar-refractivity contribution >= 4 is 35.0 Å². The summed E-state index contributed by atoms with van der Waals surface area (Å²) >= 11 is 12.4. The van der Waals surface area contributed by atoms with Crippen molar-refractivity contribution < 1.29 is 28.9 Å². The Morgan fingerprint density at radius 1 is 1.11 bits per heavy atom. The smallest absolute Gasteiger partial charge is 0.336 e. The molecule has 37 heavy (non-hydrogen) atoms. The number of Topliss-reactive ketones (excluding diaryl/α,β-unsaturated/α-hetero) is 1. The van der Waals surface area contributed by atoms with Crippen LogP contribution in [0.1, 0.15) is 49.7 Å². The lowest BCUT2D eigenvalue weighted by molar-refractivity contribution is -0.140. The fraction of sp³-hybridized carbons (Fsp3) is 0.357. The molecule has 0 amide bonds. The average molecular weight is 546 g/mol. The molecule has 0 saturated carbocycles. The zero-order valence-corrected chi connectivity index (χ0v) is 22.4. The van der Waals surface area contributed by atoms with Gasteiger partial charge >= 0.3 is 5.97 Å². The molecule has 7 nitrogen and oxygen atoms in total. The summed E-state index contributed by atoms with van der Waals surface area (Å²) in [6, 6.07) is 10.6. The number of esters is 1. The number of aromatic hydroxyl groups is 1. The van der Waals surface area contributed by atoms with Gasteiger partial charge in [-0.05, 0) is 61.6 Å². The minimum atomic E-state index is -0.749. The molecular formula is C28H29Cl2NO6. The van der Waals surface area contributed by atoms with Crippen molar-refractivity contribution in [1.82, 2.24) is 5.32 Å². The first-order chi connectivity index (χ1) is 17.7. The molecule has 0 bridgehead atoms. The van der Waals surface area contributed by atoms with Crippen molar-refractivity contribution in [3.05, 3.63) is 80.1 Å². The largest absolute Gasteiger partial charge is 0.503 e. The molecule has 4 rings (SSSR count). The number of allylic oxidation sites excluding steroid dienone is 3. The summed E-state index contributed by atoms with van der Waals surface area (Å²) in [6.45, 7) is 4.49. The number of phenolic OH excluding ortho intramolecular Hbond substituents is 1. The zero-order valence-electron chi connectivity index (χ0n) is 20.9. The van der Waals surface area contributed by atoms with E-state index in [-0.39, 0.29) is 47.9 Å². The van der Waals surface area contributed by atoms with Crippen LogP contribution in [-0.4, -0.2) is 43.8 Å². The highest BCUT2D eigenvalue weighted by atomic mass is 35.5. The van der Waals surface area contributed by atoms with Crippen LogP contribution >= 0.6 is 23.2 Å². The molecule has 2 aromatic rings. The lowest BCUT2D eigenvalue weighted by Crippen LogP contribution is -2.36. The summed E-state index contributed by atoms with van der Waals surface area (Å²) in [6.07, 6.45) is 0.847. The molecule has 196 valence electrons. The van der Waals surface area contributed by atoms with E-state index >= 15 is 0 Å². The van der Waals surface area contributed by atoms with E-state index in [2.05, 4.69) is 5.32 Å². The van der Waals surface area contributed by atoms with Gasteiger partial charge in [-0.2, -0.15) is 0 Å². The Morgan fingerprint density at radius 2 is 1.84 bits per heavy atom. The number of ether oxygens (including phenoxy) is 3. The molecule has 0 saturated heterocycles. The van der Waals surface area contributed by atoms with Crippen LogP contribution in [0, 0.1) is 0 Å². The van der Waals surface area contributed by atoms with E-state index in [4.69, 9.17) is 37.4 Å². The second-order valence-electron chi connectivity index (χ2n) is 8.96. The van der Waals surface area contributed by atoms with Crippen molar-refractivity contribution in [3.63, 3.8) is 0 Å². The van der Waals surface area contributed by atoms with E-state index in [1.807, 2.05) is 31.2 Å². The minimum Gasteiger partial charge on any atom is -0.503 e. The minimum absolute atomic E-state index is 0.0397. The van der Waals surface area contributed by atoms with Gasteiger partial charge in [0.15, 0.2) is 17.3 Å². The molecule has 9 heteroatoms. The van der Waals surface area contributed by atoms with Crippen LogP contribution in [0.15, 0.2) is 58.9 Å². The average Bonchev–Trinajstić information content (AvgIpc) is 2.87. The first kappa shape index (κ1) is 27.0. The van der Waals surface area contributed by atoms with Crippen molar-refractivity contribution in [2.24, 2.45) is 0 Å². The quantitative estimate of drug-likeness (QED) is 0.327. The van der Waals surface area contributed by atoms with E-state index < -0.39 is 11.9 Å². The van der Waals surface area contributed by atoms with Gasteiger partial charge in [-0.1, -0.05) is 35.3 Å². The number of ketones is 1. The second-order valence-corrected chi connectivity index (χ2v) is 9.80. The number of nitrogens with one attached hydrogen (secondary N) is 1. The van der Waals surface area contributed by atoms with Crippen molar-refractivity contribution in [1.29, 1.82) is 0 Å². The van der Waals surface area contributed by atoms with Crippen molar-refractivity contribution in [2.75, 3.05) is 26.9 Å². The number of carbonyl (C=O) groups is 2. The van der Waals surface area contributed by atoms with Gasteiger partial charge in [-0.25, -0.2) is 4.79 Å². The maximum Gasteiger partial charge on any atom is 0.336 e. The fourth-order valence-corrected chi connectivity index (χ4v) is 5.29. The molecule has 1 aliphatic carbocycles. The normalized spacial score (nSPS) is 19.4. The molecule has 0 aromatic heterocycles. The molecule has 2 aromatic carbocycles. The number of methoxy groups -OCH3 is 1. The molecule has 0 spiro atoms. The molecule has 2 atom stereocenters. The van der Waals surface area contributed by atoms with E-state index in [1.54, 1.807) is 19.1 Å². The van der Waals surface area contributed by atoms with Crippen LogP contribution in [0.2, 0.25) is 10.0 Å². The van der Waals surface area contributed by atoms with Crippen molar-refractivity contribution in [2.45, 2.75) is 38.5 Å². The van der Waals surface area contributed by atoms with Gasteiger partial charge in [0.05, 0.1) is 24.3 Å². The Kier molecular flexibility index (Phi) is 8.47. The zero-order chi connectivity index (χ0) is 26.7. The first-order valence-corrected chi connectivity index (χ1v) is 12.8. The lowest BCUT2D eigenvalue weighted by Gasteiger charge is -2.37. The summed E-state index contributed by atoms with van der Waals surface area (Å²) in [5, 5.41) is 14.3. The third-order valence-electron chi connectivity index (χ3n) is 6.66. The van der Waals surface area contributed by atoms with Crippen LogP contribution in [0.4, 0.5) is 0 Å². The van der Waals surface area contributed by atoms with E-state index in [1.165, 1.54) is 7.11 Å². The summed E-state index contributed by atoms with van der Waals surface area (Å²) in [5.41, 5.74) is 3.67. The van der Waals surface area contributed by atoms with Crippen LogP contribution in [-0.2, 0) is 19.1 Å². The number of phenols is 1. The Bertz CT molecular complexity index is 1270. The summed E-state index contributed by atoms with van der Waals surface area (Å²) < 4.78 is 16.1. The number of dihydropyridines is 1. The summed E-state index contributed by atoms with van der Waals surface area (Å²) in [5.74, 6) is -1.50. The highest BCUT2D eigenvalue weighted by Crippen LogP contribution is 2.48. The monoisotopic (exact) mass is 545 g/mol. The standard InChI is InChI=1S/C28H29Cl2NO6/c1-4-36-9-10-37-28(34)24-15(2)31-21-12-17(16-5-7-19(29)8-6-16)13-22(32)26(21)25(24)18-11-20(30)27(33)23(14-18)35-3/h5-8,11,14,17,25,31,33H,4,9-10,12-13H2,1-3H3. The van der Waals surface area contributed by atoms with Gasteiger partial charge in [0.2, 0.25) is 0 Å². The SMILES string of the molecule is CCOCCOC(=O)C1=C(C)NC2=C(C(=O)CC(c3ccc(Cl)cc3)C2)C1c1cc(Cl)c(O)c(OC)c1. The highest BCUT2D eigenvalue weighted by Gasteiger charge is 2.42. The van der Waals surface area contributed by atoms with Crippen molar-refractivity contribution in [3.8, 4) is 11.5 Å². The van der Waals surface area contributed by atoms with Crippen LogP contribution in [0.25, 0.3) is 0 Å². The van der Waals surface area contributed by atoms with Gasteiger partial charge in [0, 0.05) is 40.9 Å². The van der Waals surface area contributed by atoms with E-state index in [0.717, 1.165) is 11.3 Å². The predicted molar refractivity (Wildman–Crippen MR) is 141 cm³/mol. The Morgan fingerprint density at radius 3 is 2.51 bits per heavy atom. The molecule has 1 aliphatic heterocycles. The molecule has 0 fully saturated rings. The molecule has 2 N–H and O–H groups in total. The maximum absolute atomic E-state index is 13.7.